The smallest absolute Gasteiger partial charge is 0.236 e. The van der Waals surface area contributed by atoms with Crippen LogP contribution in [0.5, 0.6) is 5.75 Å². The molecule has 4 aromatic rings. The monoisotopic (exact) mass is 464 g/mol. The molecule has 5 rings (SSSR count). The fourth-order valence-corrected chi connectivity index (χ4v) is 4.78. The molecule has 8 nitrogen and oxygen atoms in total. The summed E-state index contributed by atoms with van der Waals surface area (Å²) in [6.07, 6.45) is 5.71. The highest BCUT2D eigenvalue weighted by atomic mass is 32.2. The minimum atomic E-state index is -0.126. The second-order valence-electron chi connectivity index (χ2n) is 7.25. The van der Waals surface area contributed by atoms with Gasteiger partial charge >= 0.3 is 0 Å². The largest absolute Gasteiger partial charge is 0.497 e. The summed E-state index contributed by atoms with van der Waals surface area (Å²) in [7, 11) is 1.64. The molecule has 1 saturated carbocycles. The number of carbonyl (C=O) groups excluding carboxylic acids is 1. The summed E-state index contributed by atoms with van der Waals surface area (Å²) in [5.74, 6) is 1.70. The number of rotatable bonds is 8. The molecule has 162 valence electrons. The van der Waals surface area contributed by atoms with Gasteiger partial charge in [0.15, 0.2) is 16.1 Å². The predicted molar refractivity (Wildman–Crippen MR) is 125 cm³/mol. The van der Waals surface area contributed by atoms with Crippen LogP contribution in [0.15, 0.2) is 59.3 Å². The lowest BCUT2D eigenvalue weighted by atomic mass is 10.2. The Balaban J connectivity index is 1.23. The second kappa shape index (κ2) is 9.09. The van der Waals surface area contributed by atoms with Crippen molar-refractivity contribution in [3.8, 4) is 28.4 Å². The molecule has 0 aliphatic heterocycles. The average molecular weight is 465 g/mol. The Bertz CT molecular complexity index is 1220. The van der Waals surface area contributed by atoms with Gasteiger partial charge in [0, 0.05) is 34.9 Å². The molecule has 1 aliphatic carbocycles. The molecule has 3 aromatic heterocycles. The van der Waals surface area contributed by atoms with Crippen molar-refractivity contribution in [3.05, 3.63) is 54.2 Å². The molecule has 0 radical (unpaired) electrons. The first kappa shape index (κ1) is 20.7. The molecular weight excluding hydrogens is 444 g/mol. The Morgan fingerprint density at radius 2 is 2.06 bits per heavy atom. The zero-order valence-electron chi connectivity index (χ0n) is 17.3. The van der Waals surface area contributed by atoms with Crippen molar-refractivity contribution in [2.75, 3.05) is 18.2 Å². The number of ether oxygens (including phenoxy) is 1. The number of thiazole rings is 1. The van der Waals surface area contributed by atoms with Crippen LogP contribution < -0.4 is 10.1 Å². The van der Waals surface area contributed by atoms with Crippen LogP contribution in [-0.2, 0) is 4.79 Å². The lowest BCUT2D eigenvalue weighted by Crippen LogP contribution is -2.14. The number of anilines is 1. The Labute approximate surface area is 193 Å². The summed E-state index contributed by atoms with van der Waals surface area (Å²) < 4.78 is 7.31. The first-order valence-corrected chi connectivity index (χ1v) is 12.0. The zero-order chi connectivity index (χ0) is 21.9. The van der Waals surface area contributed by atoms with E-state index in [4.69, 9.17) is 4.74 Å². The van der Waals surface area contributed by atoms with Crippen LogP contribution in [0.2, 0.25) is 0 Å². The first-order chi connectivity index (χ1) is 15.7. The van der Waals surface area contributed by atoms with Crippen LogP contribution in [-0.4, -0.2) is 43.5 Å². The lowest BCUT2D eigenvalue weighted by Gasteiger charge is -2.08. The second-order valence-corrected chi connectivity index (χ2v) is 9.05. The van der Waals surface area contributed by atoms with Gasteiger partial charge in [0.25, 0.3) is 0 Å². The highest BCUT2D eigenvalue weighted by molar-refractivity contribution is 7.99. The Hall–Kier alpha value is -3.24. The zero-order valence-corrected chi connectivity index (χ0v) is 18.9. The number of methoxy groups -OCH3 is 1. The van der Waals surface area contributed by atoms with Crippen molar-refractivity contribution >= 4 is 34.1 Å². The maximum absolute atomic E-state index is 12.5. The standard InChI is InChI=1S/C22H20N6O2S2/c1-30-17-8-4-14(5-9-17)18-12-31-21(24-18)25-19(29)13-32-22-27-26-20(28(22)16-6-7-16)15-3-2-10-23-11-15/h2-5,8-12,16H,6-7,13H2,1H3,(H,24,25,29). The number of nitrogens with zero attached hydrogens (tertiary/aromatic N) is 5. The highest BCUT2D eigenvalue weighted by Gasteiger charge is 2.30. The van der Waals surface area contributed by atoms with E-state index < -0.39 is 0 Å². The summed E-state index contributed by atoms with van der Waals surface area (Å²) in [5.41, 5.74) is 2.71. The minimum Gasteiger partial charge on any atom is -0.497 e. The van der Waals surface area contributed by atoms with E-state index in [1.807, 2.05) is 41.8 Å². The number of benzene rings is 1. The third kappa shape index (κ3) is 4.51. The summed E-state index contributed by atoms with van der Waals surface area (Å²) in [6, 6.07) is 11.9. The number of carbonyl (C=O) groups is 1. The van der Waals surface area contributed by atoms with Gasteiger partial charge in [-0.15, -0.1) is 21.5 Å². The van der Waals surface area contributed by atoms with Crippen molar-refractivity contribution in [2.45, 2.75) is 24.0 Å². The molecule has 0 saturated heterocycles. The van der Waals surface area contributed by atoms with E-state index in [9.17, 15) is 4.79 Å². The van der Waals surface area contributed by atoms with Gasteiger partial charge in [-0.1, -0.05) is 11.8 Å². The van der Waals surface area contributed by atoms with Gasteiger partial charge in [0.1, 0.15) is 5.75 Å². The average Bonchev–Trinajstić information content (AvgIpc) is 3.41. The topological polar surface area (TPSA) is 94.8 Å². The molecule has 1 aliphatic rings. The van der Waals surface area contributed by atoms with Crippen LogP contribution >= 0.6 is 23.1 Å². The van der Waals surface area contributed by atoms with Gasteiger partial charge in [-0.3, -0.25) is 14.3 Å². The Morgan fingerprint density at radius 3 is 2.78 bits per heavy atom. The lowest BCUT2D eigenvalue weighted by molar-refractivity contribution is -0.113. The van der Waals surface area contributed by atoms with E-state index in [0.717, 1.165) is 46.4 Å². The van der Waals surface area contributed by atoms with Gasteiger partial charge in [-0.2, -0.15) is 0 Å². The fraction of sp³-hybridized carbons (Fsp3) is 0.227. The van der Waals surface area contributed by atoms with Crippen molar-refractivity contribution < 1.29 is 9.53 Å². The van der Waals surface area contributed by atoms with Crippen molar-refractivity contribution in [1.29, 1.82) is 0 Å². The van der Waals surface area contributed by atoms with E-state index in [-0.39, 0.29) is 11.7 Å². The van der Waals surface area contributed by atoms with Crippen LogP contribution in [0.1, 0.15) is 18.9 Å². The third-order valence-electron chi connectivity index (χ3n) is 4.96. The molecule has 1 fully saturated rings. The number of aromatic nitrogens is 5. The number of thioether (sulfide) groups is 1. The molecule has 1 amide bonds. The molecule has 0 unspecified atom stereocenters. The third-order valence-corrected chi connectivity index (χ3v) is 6.67. The van der Waals surface area contributed by atoms with Crippen LogP contribution in [0.3, 0.4) is 0 Å². The van der Waals surface area contributed by atoms with E-state index in [2.05, 4.69) is 30.0 Å². The number of pyridine rings is 1. The van der Waals surface area contributed by atoms with Crippen LogP contribution in [0.4, 0.5) is 5.13 Å². The number of hydrogen-bond donors (Lipinski definition) is 1. The molecule has 1 N–H and O–H groups in total. The van der Waals surface area contributed by atoms with Crippen molar-refractivity contribution in [2.24, 2.45) is 0 Å². The molecule has 0 bridgehead atoms. The van der Waals surface area contributed by atoms with E-state index in [1.165, 1.54) is 23.1 Å². The summed E-state index contributed by atoms with van der Waals surface area (Å²) in [5, 5.41) is 14.8. The van der Waals surface area contributed by atoms with Crippen molar-refractivity contribution in [3.63, 3.8) is 0 Å². The highest BCUT2D eigenvalue weighted by Crippen LogP contribution is 2.41. The van der Waals surface area contributed by atoms with Gasteiger partial charge in [-0.05, 0) is 49.2 Å². The summed E-state index contributed by atoms with van der Waals surface area (Å²) >= 11 is 2.79. The van der Waals surface area contributed by atoms with Crippen LogP contribution in [0.25, 0.3) is 22.6 Å². The van der Waals surface area contributed by atoms with E-state index in [1.54, 1.807) is 19.5 Å². The van der Waals surface area contributed by atoms with Gasteiger partial charge in [0.2, 0.25) is 5.91 Å². The van der Waals surface area contributed by atoms with Gasteiger partial charge in [0.05, 0.1) is 18.6 Å². The van der Waals surface area contributed by atoms with Gasteiger partial charge < -0.3 is 10.1 Å². The molecule has 1 aromatic carbocycles. The van der Waals surface area contributed by atoms with Crippen LogP contribution in [0, 0.1) is 0 Å². The normalized spacial score (nSPS) is 13.2. The molecule has 0 atom stereocenters. The summed E-state index contributed by atoms with van der Waals surface area (Å²) in [4.78, 5) is 21.2. The summed E-state index contributed by atoms with van der Waals surface area (Å²) in [6.45, 7) is 0. The van der Waals surface area contributed by atoms with E-state index >= 15 is 0 Å². The molecule has 0 spiro atoms. The van der Waals surface area contributed by atoms with E-state index in [0.29, 0.717) is 11.2 Å². The minimum absolute atomic E-state index is 0.126. The predicted octanol–water partition coefficient (Wildman–Crippen LogP) is 4.54. The molecule has 32 heavy (non-hydrogen) atoms. The first-order valence-electron chi connectivity index (χ1n) is 10.1. The quantitative estimate of drug-likeness (QED) is 0.383. The maximum Gasteiger partial charge on any atom is 0.236 e. The number of hydrogen-bond acceptors (Lipinski definition) is 8. The maximum atomic E-state index is 12.5. The molecule has 10 heteroatoms. The SMILES string of the molecule is COc1ccc(-c2csc(NC(=O)CSc3nnc(-c4cccnc4)n3C3CC3)n2)cc1. The van der Waals surface area contributed by atoms with Crippen molar-refractivity contribution in [1.82, 2.24) is 24.7 Å². The molecular formula is C22H20N6O2S2. The fourth-order valence-electron chi connectivity index (χ4n) is 3.24. The Kier molecular flexibility index (Phi) is 5.87. The van der Waals surface area contributed by atoms with Gasteiger partial charge in [-0.25, -0.2) is 4.98 Å². The number of nitrogens with one attached hydrogen (secondary N) is 1. The number of amides is 1. The molecule has 3 heterocycles. The Morgan fingerprint density at radius 1 is 1.22 bits per heavy atom.